The van der Waals surface area contributed by atoms with E-state index in [4.69, 9.17) is 0 Å². The third-order valence-corrected chi connectivity index (χ3v) is 3.72. The lowest BCUT2D eigenvalue weighted by atomic mass is 9.91. The highest BCUT2D eigenvalue weighted by molar-refractivity contribution is 5.91. The van der Waals surface area contributed by atoms with Gasteiger partial charge in [0.2, 0.25) is 0 Å². The summed E-state index contributed by atoms with van der Waals surface area (Å²) in [6.45, 7) is 4.56. The molecule has 0 aliphatic heterocycles. The van der Waals surface area contributed by atoms with Crippen LogP contribution in [0, 0.1) is 12.8 Å². The second-order valence-electron chi connectivity index (χ2n) is 6.31. The quantitative estimate of drug-likeness (QED) is 0.861. The number of halogens is 3. The van der Waals surface area contributed by atoms with E-state index in [-0.39, 0.29) is 12.3 Å². The summed E-state index contributed by atoms with van der Waals surface area (Å²) in [7, 11) is 0. The van der Waals surface area contributed by atoms with E-state index in [1.54, 1.807) is 38.1 Å². The number of aromatic nitrogens is 1. The number of fused-ring (bicyclic) bond motifs is 1. The molecule has 2 aromatic rings. The van der Waals surface area contributed by atoms with Crippen molar-refractivity contribution in [2.45, 2.75) is 39.0 Å². The smallest absolute Gasteiger partial charge is 0.381 e. The predicted octanol–water partition coefficient (Wildman–Crippen LogP) is 4.29. The van der Waals surface area contributed by atoms with Crippen LogP contribution < -0.4 is 5.32 Å². The topological polar surface area (TPSA) is 45.1 Å². The minimum atomic E-state index is -4.69. The van der Waals surface area contributed by atoms with Gasteiger partial charge in [-0.05, 0) is 43.5 Å². The molecule has 0 amide bonds. The molecule has 3 nitrogen and oxygen atoms in total. The number of hydrogen-bond acceptors (Lipinski definition) is 3. The lowest BCUT2D eigenvalue weighted by molar-refractivity contribution is -0.259. The zero-order valence-electron chi connectivity index (χ0n) is 13.4. The van der Waals surface area contributed by atoms with Crippen LogP contribution in [0.2, 0.25) is 0 Å². The fraction of sp³-hybridized carbons (Fsp3) is 0.471. The van der Waals surface area contributed by atoms with Crippen LogP contribution in [-0.4, -0.2) is 28.4 Å². The summed E-state index contributed by atoms with van der Waals surface area (Å²) in [5.74, 6) is -0.278. The van der Waals surface area contributed by atoms with Crippen molar-refractivity contribution >= 4 is 16.6 Å². The molecule has 2 N–H and O–H groups in total. The van der Waals surface area contributed by atoms with Crippen molar-refractivity contribution in [1.82, 2.24) is 4.98 Å². The maximum atomic E-state index is 13.2. The van der Waals surface area contributed by atoms with E-state index in [9.17, 15) is 18.3 Å². The van der Waals surface area contributed by atoms with E-state index >= 15 is 0 Å². The number of nitrogens with one attached hydrogen (secondary N) is 1. The van der Waals surface area contributed by atoms with E-state index < -0.39 is 18.3 Å². The van der Waals surface area contributed by atoms with E-state index in [0.29, 0.717) is 11.2 Å². The van der Waals surface area contributed by atoms with Gasteiger partial charge in [-0.1, -0.05) is 19.9 Å². The van der Waals surface area contributed by atoms with Crippen molar-refractivity contribution in [3.05, 3.63) is 36.0 Å². The molecule has 6 heteroatoms. The lowest BCUT2D eigenvalue weighted by Gasteiger charge is -2.32. The Bertz CT molecular complexity index is 685. The highest BCUT2D eigenvalue weighted by Crippen LogP contribution is 2.36. The van der Waals surface area contributed by atoms with Gasteiger partial charge in [0.1, 0.15) is 0 Å². The highest BCUT2D eigenvalue weighted by Gasteiger charge is 2.53. The van der Waals surface area contributed by atoms with Crippen LogP contribution in [0.15, 0.2) is 30.3 Å². The Kier molecular flexibility index (Phi) is 4.84. The maximum absolute atomic E-state index is 13.2. The molecule has 0 aliphatic rings. The average molecular weight is 326 g/mol. The van der Waals surface area contributed by atoms with Gasteiger partial charge in [0.25, 0.3) is 0 Å². The van der Waals surface area contributed by atoms with Gasteiger partial charge in [0, 0.05) is 16.8 Å². The molecule has 23 heavy (non-hydrogen) atoms. The standard InChI is InChI=1S/C17H21F3N2O/c1-11(2)9-16(23,17(18,19)20)10-21-14-5-4-6-15-13(14)8-7-12(3)22-15/h4-8,11,21,23H,9-10H2,1-3H3. The van der Waals surface area contributed by atoms with Gasteiger partial charge in [0.05, 0.1) is 12.1 Å². The molecule has 1 atom stereocenters. The number of benzene rings is 1. The van der Waals surface area contributed by atoms with Crippen molar-refractivity contribution < 1.29 is 18.3 Å². The molecule has 1 unspecified atom stereocenters. The Morgan fingerprint density at radius 2 is 1.87 bits per heavy atom. The van der Waals surface area contributed by atoms with Crippen LogP contribution >= 0.6 is 0 Å². The zero-order chi connectivity index (χ0) is 17.3. The fourth-order valence-electron chi connectivity index (χ4n) is 2.62. The van der Waals surface area contributed by atoms with Crippen molar-refractivity contribution in [1.29, 1.82) is 0 Å². The van der Waals surface area contributed by atoms with E-state index in [0.717, 1.165) is 11.1 Å². The Hall–Kier alpha value is -1.82. The van der Waals surface area contributed by atoms with Crippen molar-refractivity contribution in [2.24, 2.45) is 5.92 Å². The van der Waals surface area contributed by atoms with Gasteiger partial charge in [-0.3, -0.25) is 4.98 Å². The van der Waals surface area contributed by atoms with Crippen LogP contribution in [0.5, 0.6) is 0 Å². The first-order chi connectivity index (χ1) is 10.6. The van der Waals surface area contributed by atoms with Crippen molar-refractivity contribution in [3.63, 3.8) is 0 Å². The monoisotopic (exact) mass is 326 g/mol. The normalized spacial score (nSPS) is 15.0. The zero-order valence-corrected chi connectivity index (χ0v) is 13.4. The molecule has 1 aromatic heterocycles. The third-order valence-electron chi connectivity index (χ3n) is 3.72. The van der Waals surface area contributed by atoms with Gasteiger partial charge in [-0.15, -0.1) is 0 Å². The van der Waals surface area contributed by atoms with E-state index in [2.05, 4.69) is 10.3 Å². The molecule has 2 rings (SSSR count). The summed E-state index contributed by atoms with van der Waals surface area (Å²) in [5.41, 5.74) is -0.696. The molecule has 1 aromatic carbocycles. The number of alkyl halides is 3. The van der Waals surface area contributed by atoms with Crippen LogP contribution in [0.25, 0.3) is 10.9 Å². The molecule has 0 fully saturated rings. The molecule has 1 heterocycles. The highest BCUT2D eigenvalue weighted by atomic mass is 19.4. The fourth-order valence-corrected chi connectivity index (χ4v) is 2.62. The third kappa shape index (κ3) is 3.93. The number of aliphatic hydroxyl groups is 1. The molecule has 126 valence electrons. The Balaban J connectivity index is 2.28. The number of rotatable bonds is 5. The summed E-state index contributed by atoms with van der Waals surface area (Å²) in [5, 5.41) is 13.6. The molecule has 0 radical (unpaired) electrons. The van der Waals surface area contributed by atoms with Gasteiger partial charge in [-0.25, -0.2) is 0 Å². The van der Waals surface area contributed by atoms with Crippen molar-refractivity contribution in [2.75, 3.05) is 11.9 Å². The number of hydrogen-bond donors (Lipinski definition) is 2. The molecule has 0 bridgehead atoms. The van der Waals surface area contributed by atoms with Crippen LogP contribution in [0.4, 0.5) is 18.9 Å². The van der Waals surface area contributed by atoms with Crippen LogP contribution in [0.3, 0.4) is 0 Å². The van der Waals surface area contributed by atoms with Crippen LogP contribution in [0.1, 0.15) is 26.0 Å². The summed E-state index contributed by atoms with van der Waals surface area (Å²) < 4.78 is 39.7. The Morgan fingerprint density at radius 3 is 2.48 bits per heavy atom. The first-order valence-corrected chi connectivity index (χ1v) is 7.52. The number of nitrogens with zero attached hydrogens (tertiary/aromatic N) is 1. The van der Waals surface area contributed by atoms with Gasteiger partial charge in [-0.2, -0.15) is 13.2 Å². The van der Waals surface area contributed by atoms with Gasteiger partial charge >= 0.3 is 6.18 Å². The summed E-state index contributed by atoms with van der Waals surface area (Å²) in [6, 6.07) is 8.84. The lowest BCUT2D eigenvalue weighted by Crippen LogP contribution is -2.51. The minimum absolute atomic E-state index is 0.278. The summed E-state index contributed by atoms with van der Waals surface area (Å²) >= 11 is 0. The van der Waals surface area contributed by atoms with Crippen molar-refractivity contribution in [3.8, 4) is 0 Å². The molecule has 0 spiro atoms. The largest absolute Gasteiger partial charge is 0.418 e. The molecule has 0 aliphatic carbocycles. The van der Waals surface area contributed by atoms with E-state index in [1.807, 2.05) is 13.0 Å². The van der Waals surface area contributed by atoms with Crippen LogP contribution in [-0.2, 0) is 0 Å². The second-order valence-corrected chi connectivity index (χ2v) is 6.31. The predicted molar refractivity (Wildman–Crippen MR) is 85.4 cm³/mol. The number of aryl methyl sites for hydroxylation is 1. The molecule has 0 saturated heterocycles. The summed E-state index contributed by atoms with van der Waals surface area (Å²) in [6.07, 6.45) is -5.05. The second kappa shape index (κ2) is 6.35. The SMILES string of the molecule is Cc1ccc2c(NCC(O)(CC(C)C)C(F)(F)F)cccc2n1. The maximum Gasteiger partial charge on any atom is 0.418 e. The minimum Gasteiger partial charge on any atom is -0.381 e. The number of anilines is 1. The van der Waals surface area contributed by atoms with Gasteiger partial charge in [0.15, 0.2) is 5.60 Å². The molecule has 0 saturated carbocycles. The Labute approximate surface area is 133 Å². The molecular formula is C17H21F3N2O. The summed E-state index contributed by atoms with van der Waals surface area (Å²) in [4.78, 5) is 4.35. The average Bonchev–Trinajstić information content (AvgIpc) is 2.42. The Morgan fingerprint density at radius 1 is 1.17 bits per heavy atom. The first kappa shape index (κ1) is 17.5. The van der Waals surface area contributed by atoms with E-state index in [1.165, 1.54) is 0 Å². The molecular weight excluding hydrogens is 305 g/mol. The van der Waals surface area contributed by atoms with Gasteiger partial charge < -0.3 is 10.4 Å². The first-order valence-electron chi connectivity index (χ1n) is 7.52. The number of pyridine rings is 1.